The lowest BCUT2D eigenvalue weighted by atomic mass is 9.88. The second-order valence-corrected chi connectivity index (χ2v) is 6.99. The smallest absolute Gasteiger partial charge is 0.220 e. The Hall–Kier alpha value is -0.280. The first-order valence-electron chi connectivity index (χ1n) is 8.32. The molecule has 3 aliphatic rings. The molecule has 3 fully saturated rings. The lowest BCUT2D eigenvalue weighted by molar-refractivity contribution is -0.122. The number of hydrogen-bond donors (Lipinski definition) is 2. The van der Waals surface area contributed by atoms with Gasteiger partial charge in [-0.05, 0) is 50.4 Å². The molecule has 0 aromatic carbocycles. The molecule has 0 aromatic rings. The van der Waals surface area contributed by atoms with Crippen LogP contribution in [0.25, 0.3) is 0 Å². The Morgan fingerprint density at radius 1 is 0.950 bits per heavy atom. The van der Waals surface area contributed by atoms with Gasteiger partial charge in [-0.3, -0.25) is 4.79 Å². The first-order chi connectivity index (χ1) is 9.29. The normalized spacial score (nSPS) is 33.5. The summed E-state index contributed by atoms with van der Waals surface area (Å²) >= 11 is 0. The van der Waals surface area contributed by atoms with Gasteiger partial charge >= 0.3 is 0 Å². The first-order valence-corrected chi connectivity index (χ1v) is 8.32. The highest BCUT2D eigenvalue weighted by molar-refractivity contribution is 5.85. The SMILES string of the molecule is Cl.O=C(CC1CC2CCC(C1)N2)NCC1CCCCC1. The Bertz CT molecular complexity index is 306. The molecule has 0 radical (unpaired) electrons. The van der Waals surface area contributed by atoms with Gasteiger partial charge in [-0.2, -0.15) is 0 Å². The fourth-order valence-corrected chi connectivity index (χ4v) is 4.33. The third kappa shape index (κ3) is 4.36. The molecular weight excluding hydrogens is 272 g/mol. The molecule has 1 aliphatic carbocycles. The topological polar surface area (TPSA) is 41.1 Å². The van der Waals surface area contributed by atoms with Crippen LogP contribution in [0.2, 0.25) is 0 Å². The molecule has 2 bridgehead atoms. The Labute approximate surface area is 129 Å². The highest BCUT2D eigenvalue weighted by Gasteiger charge is 2.34. The van der Waals surface area contributed by atoms with E-state index < -0.39 is 0 Å². The number of fused-ring (bicyclic) bond motifs is 2. The molecule has 0 spiro atoms. The van der Waals surface area contributed by atoms with Gasteiger partial charge in [0.15, 0.2) is 0 Å². The van der Waals surface area contributed by atoms with Crippen molar-refractivity contribution in [1.29, 1.82) is 0 Å². The van der Waals surface area contributed by atoms with Crippen LogP contribution in [0.1, 0.15) is 64.2 Å². The van der Waals surface area contributed by atoms with E-state index in [1.807, 2.05) is 0 Å². The van der Waals surface area contributed by atoms with Crippen molar-refractivity contribution >= 4 is 18.3 Å². The van der Waals surface area contributed by atoms with Crippen molar-refractivity contribution in [2.24, 2.45) is 11.8 Å². The summed E-state index contributed by atoms with van der Waals surface area (Å²) in [5, 5.41) is 6.84. The second-order valence-electron chi connectivity index (χ2n) is 6.99. The van der Waals surface area contributed by atoms with Crippen molar-refractivity contribution in [3.05, 3.63) is 0 Å². The van der Waals surface area contributed by atoms with Gasteiger partial charge in [0.05, 0.1) is 0 Å². The summed E-state index contributed by atoms with van der Waals surface area (Å²) < 4.78 is 0. The van der Waals surface area contributed by atoms with E-state index in [1.54, 1.807) is 0 Å². The Morgan fingerprint density at radius 3 is 2.25 bits per heavy atom. The summed E-state index contributed by atoms with van der Waals surface area (Å²) in [6, 6.07) is 1.41. The van der Waals surface area contributed by atoms with E-state index in [1.165, 1.54) is 57.8 Å². The maximum absolute atomic E-state index is 12.1. The molecule has 2 N–H and O–H groups in total. The summed E-state index contributed by atoms with van der Waals surface area (Å²) in [5.74, 6) is 1.68. The number of halogens is 1. The number of amides is 1. The zero-order valence-corrected chi connectivity index (χ0v) is 13.2. The van der Waals surface area contributed by atoms with E-state index in [4.69, 9.17) is 0 Å². The molecule has 3 rings (SSSR count). The molecule has 2 atom stereocenters. The molecule has 1 amide bonds. The number of rotatable bonds is 4. The largest absolute Gasteiger partial charge is 0.356 e. The minimum atomic E-state index is 0. The number of carbonyl (C=O) groups excluding carboxylic acids is 1. The standard InChI is InChI=1S/C16H28N2O.ClH/c19-16(17-11-12-4-2-1-3-5-12)10-13-8-14-6-7-15(9-13)18-14;/h12-15,18H,1-11H2,(H,17,19);1H. The van der Waals surface area contributed by atoms with E-state index in [2.05, 4.69) is 10.6 Å². The fraction of sp³-hybridized carbons (Fsp3) is 0.938. The molecule has 20 heavy (non-hydrogen) atoms. The average molecular weight is 301 g/mol. The van der Waals surface area contributed by atoms with Crippen molar-refractivity contribution < 1.29 is 4.79 Å². The molecule has 2 aliphatic heterocycles. The molecule has 0 aromatic heterocycles. The van der Waals surface area contributed by atoms with Crippen molar-refractivity contribution in [2.75, 3.05) is 6.54 Å². The van der Waals surface area contributed by atoms with Crippen LogP contribution in [-0.4, -0.2) is 24.5 Å². The predicted octanol–water partition coefficient (Wildman–Crippen LogP) is 3.03. The Kier molecular flexibility index (Phi) is 6.16. The van der Waals surface area contributed by atoms with Crippen LogP contribution in [0.15, 0.2) is 0 Å². The molecule has 3 nitrogen and oxygen atoms in total. The van der Waals surface area contributed by atoms with Crippen LogP contribution in [0.5, 0.6) is 0 Å². The quantitative estimate of drug-likeness (QED) is 0.838. The van der Waals surface area contributed by atoms with E-state index in [0.717, 1.165) is 18.9 Å². The summed E-state index contributed by atoms with van der Waals surface area (Å²) in [6.07, 6.45) is 12.6. The second kappa shape index (κ2) is 7.65. The summed E-state index contributed by atoms with van der Waals surface area (Å²) in [7, 11) is 0. The minimum absolute atomic E-state index is 0. The number of hydrogen-bond acceptors (Lipinski definition) is 2. The highest BCUT2D eigenvalue weighted by atomic mass is 35.5. The van der Waals surface area contributed by atoms with Crippen molar-refractivity contribution in [2.45, 2.75) is 76.3 Å². The van der Waals surface area contributed by atoms with Crippen LogP contribution >= 0.6 is 12.4 Å². The van der Waals surface area contributed by atoms with Crippen LogP contribution in [0, 0.1) is 11.8 Å². The third-order valence-corrected chi connectivity index (χ3v) is 5.36. The summed E-state index contributed by atoms with van der Waals surface area (Å²) in [5.41, 5.74) is 0. The van der Waals surface area contributed by atoms with E-state index in [9.17, 15) is 4.79 Å². The lowest BCUT2D eigenvalue weighted by Crippen LogP contribution is -2.40. The maximum Gasteiger partial charge on any atom is 0.220 e. The number of carbonyl (C=O) groups is 1. The van der Waals surface area contributed by atoms with Gasteiger partial charge in [-0.1, -0.05) is 19.3 Å². The summed E-state index contributed by atoms with van der Waals surface area (Å²) in [6.45, 7) is 0.927. The average Bonchev–Trinajstić information content (AvgIpc) is 2.77. The predicted molar refractivity (Wildman–Crippen MR) is 84.1 cm³/mol. The Balaban J connectivity index is 0.00000147. The molecule has 1 saturated carbocycles. The zero-order chi connectivity index (χ0) is 13.1. The van der Waals surface area contributed by atoms with Crippen LogP contribution < -0.4 is 10.6 Å². The monoisotopic (exact) mass is 300 g/mol. The van der Waals surface area contributed by atoms with Crippen molar-refractivity contribution in [3.8, 4) is 0 Å². The fourth-order valence-electron chi connectivity index (χ4n) is 4.33. The molecular formula is C16H29ClN2O. The maximum atomic E-state index is 12.1. The van der Waals surface area contributed by atoms with Crippen LogP contribution in [0.4, 0.5) is 0 Å². The molecule has 4 heteroatoms. The lowest BCUT2D eigenvalue weighted by Gasteiger charge is -2.29. The van der Waals surface area contributed by atoms with Gasteiger partial charge in [0.1, 0.15) is 0 Å². The highest BCUT2D eigenvalue weighted by Crippen LogP contribution is 2.32. The number of piperidine rings is 1. The Morgan fingerprint density at radius 2 is 1.60 bits per heavy atom. The molecule has 2 saturated heterocycles. The van der Waals surface area contributed by atoms with Crippen molar-refractivity contribution in [1.82, 2.24) is 10.6 Å². The van der Waals surface area contributed by atoms with Gasteiger partial charge in [0.2, 0.25) is 5.91 Å². The van der Waals surface area contributed by atoms with Gasteiger partial charge in [0, 0.05) is 25.0 Å². The van der Waals surface area contributed by atoms with Crippen LogP contribution in [-0.2, 0) is 4.79 Å². The minimum Gasteiger partial charge on any atom is -0.356 e. The van der Waals surface area contributed by atoms with E-state index >= 15 is 0 Å². The van der Waals surface area contributed by atoms with Gasteiger partial charge < -0.3 is 10.6 Å². The van der Waals surface area contributed by atoms with Gasteiger partial charge in [-0.15, -0.1) is 12.4 Å². The first kappa shape index (κ1) is 16.1. The molecule has 2 unspecified atom stereocenters. The van der Waals surface area contributed by atoms with Gasteiger partial charge in [0.25, 0.3) is 0 Å². The van der Waals surface area contributed by atoms with Crippen molar-refractivity contribution in [3.63, 3.8) is 0 Å². The van der Waals surface area contributed by atoms with E-state index in [0.29, 0.717) is 23.9 Å². The van der Waals surface area contributed by atoms with E-state index in [-0.39, 0.29) is 12.4 Å². The third-order valence-electron chi connectivity index (χ3n) is 5.36. The van der Waals surface area contributed by atoms with Crippen LogP contribution in [0.3, 0.4) is 0 Å². The van der Waals surface area contributed by atoms with Gasteiger partial charge in [-0.25, -0.2) is 0 Å². The molecule has 2 heterocycles. The zero-order valence-electron chi connectivity index (χ0n) is 12.4. The summed E-state index contributed by atoms with van der Waals surface area (Å²) in [4.78, 5) is 12.1. The number of nitrogens with one attached hydrogen (secondary N) is 2. The molecule has 116 valence electrons.